The van der Waals surface area contributed by atoms with Gasteiger partial charge in [-0.2, -0.15) is 0 Å². The Labute approximate surface area is 186 Å². The molecule has 3 heterocycles. The number of aliphatic hydroxyl groups is 1. The van der Waals surface area contributed by atoms with Crippen molar-refractivity contribution in [1.82, 2.24) is 18.9 Å². The molecule has 3 aromatic heterocycles. The van der Waals surface area contributed by atoms with Gasteiger partial charge in [0.15, 0.2) is 5.82 Å². The van der Waals surface area contributed by atoms with Gasteiger partial charge in [0.2, 0.25) is 0 Å². The number of imidazole rings is 2. The zero-order valence-electron chi connectivity index (χ0n) is 16.5. The largest absolute Gasteiger partial charge is 0.395 e. The summed E-state index contributed by atoms with van der Waals surface area (Å²) < 4.78 is 3.75. The van der Waals surface area contributed by atoms with E-state index in [0.717, 1.165) is 16.9 Å². The number of fused-ring (bicyclic) bond motifs is 1. The maximum Gasteiger partial charge on any atom is 0.256 e. The number of anilines is 1. The van der Waals surface area contributed by atoms with Crippen LogP contribution < -0.4 is 5.32 Å². The molecule has 2 N–H and O–H groups in total. The molecule has 0 saturated heterocycles. The number of carbonyl (C=O) groups excluding carboxylic acids is 1. The minimum atomic E-state index is -0.344. The second-order valence-electron chi connectivity index (χ2n) is 7.32. The van der Waals surface area contributed by atoms with Gasteiger partial charge in [-0.3, -0.25) is 4.79 Å². The van der Waals surface area contributed by atoms with Crippen molar-refractivity contribution in [3.05, 3.63) is 78.6 Å². The van der Waals surface area contributed by atoms with Crippen LogP contribution in [0.15, 0.2) is 67.5 Å². The number of carbonyl (C=O) groups is 1. The summed E-state index contributed by atoms with van der Waals surface area (Å²) in [5.74, 6) is 0.249. The lowest BCUT2D eigenvalue weighted by Gasteiger charge is -2.22. The number of hydrogen-bond donors (Lipinski definition) is 2. The first kappa shape index (κ1) is 23.4. The minimum absolute atomic E-state index is 0. The molecule has 0 radical (unpaired) electrons. The Morgan fingerprint density at radius 3 is 2.47 bits per heavy atom. The Balaban J connectivity index is 0.00000160. The van der Waals surface area contributed by atoms with Gasteiger partial charge in [-0.15, -0.1) is 24.8 Å². The van der Waals surface area contributed by atoms with Crippen LogP contribution >= 0.6 is 24.8 Å². The van der Waals surface area contributed by atoms with Crippen molar-refractivity contribution in [3.63, 3.8) is 0 Å². The fourth-order valence-electron chi connectivity index (χ4n) is 2.96. The SMILES string of the molecule is CC(C)(CO)c1ccc(C(=O)Nc2cn3cc(-n4ccnc4)ccc3n2)cc1.Cl.Cl. The number of aromatic nitrogens is 4. The third-order valence-electron chi connectivity index (χ3n) is 4.80. The number of halogens is 2. The van der Waals surface area contributed by atoms with Crippen molar-refractivity contribution in [2.45, 2.75) is 19.3 Å². The lowest BCUT2D eigenvalue weighted by Crippen LogP contribution is -2.22. The highest BCUT2D eigenvalue weighted by atomic mass is 35.5. The third kappa shape index (κ3) is 4.64. The van der Waals surface area contributed by atoms with Gasteiger partial charge >= 0.3 is 0 Å². The lowest BCUT2D eigenvalue weighted by atomic mass is 9.85. The van der Waals surface area contributed by atoms with E-state index in [9.17, 15) is 9.90 Å². The topological polar surface area (TPSA) is 84.5 Å². The van der Waals surface area contributed by atoms with Gasteiger partial charge in [-0.1, -0.05) is 26.0 Å². The van der Waals surface area contributed by atoms with Crippen LogP contribution in [-0.4, -0.2) is 36.6 Å². The van der Waals surface area contributed by atoms with Gasteiger partial charge in [-0.05, 0) is 29.8 Å². The summed E-state index contributed by atoms with van der Waals surface area (Å²) in [7, 11) is 0. The molecule has 0 aliphatic carbocycles. The van der Waals surface area contributed by atoms with E-state index < -0.39 is 0 Å². The third-order valence-corrected chi connectivity index (χ3v) is 4.80. The van der Waals surface area contributed by atoms with Crippen molar-refractivity contribution in [2.75, 3.05) is 11.9 Å². The molecule has 0 aliphatic rings. The normalized spacial score (nSPS) is 10.9. The molecule has 0 bridgehead atoms. The number of pyridine rings is 1. The molecule has 158 valence electrons. The van der Waals surface area contributed by atoms with Gasteiger partial charge in [0, 0.05) is 29.6 Å². The minimum Gasteiger partial charge on any atom is -0.395 e. The van der Waals surface area contributed by atoms with Crippen LogP contribution in [0.25, 0.3) is 11.3 Å². The number of aliphatic hydroxyl groups excluding tert-OH is 1. The second-order valence-corrected chi connectivity index (χ2v) is 7.32. The van der Waals surface area contributed by atoms with Crippen LogP contribution in [-0.2, 0) is 5.41 Å². The van der Waals surface area contributed by atoms with Crippen molar-refractivity contribution in [2.24, 2.45) is 0 Å². The van der Waals surface area contributed by atoms with Crippen LogP contribution in [0.3, 0.4) is 0 Å². The predicted octanol–water partition coefficient (Wildman–Crippen LogP) is 3.89. The van der Waals surface area contributed by atoms with Crippen LogP contribution in [0.4, 0.5) is 5.82 Å². The molecule has 0 atom stereocenters. The molecule has 1 aromatic carbocycles. The van der Waals surface area contributed by atoms with Crippen LogP contribution in [0.1, 0.15) is 29.8 Å². The molecule has 0 saturated carbocycles. The number of nitrogens with one attached hydrogen (secondary N) is 1. The van der Waals surface area contributed by atoms with E-state index in [0.29, 0.717) is 11.4 Å². The highest BCUT2D eigenvalue weighted by molar-refractivity contribution is 6.03. The zero-order chi connectivity index (χ0) is 19.7. The van der Waals surface area contributed by atoms with Crippen molar-refractivity contribution in [3.8, 4) is 5.69 Å². The molecule has 0 aliphatic heterocycles. The summed E-state index contributed by atoms with van der Waals surface area (Å²) in [6.45, 7) is 3.95. The number of hydrogen-bond acceptors (Lipinski definition) is 4. The molecular weight excluding hydrogens is 425 g/mol. The summed E-state index contributed by atoms with van der Waals surface area (Å²) in [5, 5.41) is 12.3. The zero-order valence-corrected chi connectivity index (χ0v) is 18.2. The maximum atomic E-state index is 12.6. The Kier molecular flexibility index (Phi) is 7.25. The highest BCUT2D eigenvalue weighted by Gasteiger charge is 2.19. The average Bonchev–Trinajstić information content (AvgIpc) is 3.37. The molecule has 4 aromatic rings. The molecule has 4 rings (SSSR count). The summed E-state index contributed by atoms with van der Waals surface area (Å²) in [6.07, 6.45) is 9.00. The second kappa shape index (κ2) is 9.30. The van der Waals surface area contributed by atoms with E-state index in [2.05, 4.69) is 15.3 Å². The van der Waals surface area contributed by atoms with E-state index in [1.807, 2.05) is 59.5 Å². The monoisotopic (exact) mass is 447 g/mol. The van der Waals surface area contributed by atoms with E-state index in [4.69, 9.17) is 0 Å². The Hall–Kier alpha value is -2.87. The molecule has 1 amide bonds. The van der Waals surface area contributed by atoms with Gasteiger partial charge in [0.05, 0.1) is 24.8 Å². The molecule has 9 heteroatoms. The van der Waals surface area contributed by atoms with Crippen LogP contribution in [0, 0.1) is 0 Å². The van der Waals surface area contributed by atoms with Gasteiger partial charge < -0.3 is 19.4 Å². The smallest absolute Gasteiger partial charge is 0.256 e. The highest BCUT2D eigenvalue weighted by Crippen LogP contribution is 2.23. The molecule has 7 nitrogen and oxygen atoms in total. The molecule has 0 fully saturated rings. The maximum absolute atomic E-state index is 12.6. The fraction of sp³-hybridized carbons (Fsp3) is 0.190. The van der Waals surface area contributed by atoms with E-state index in [1.54, 1.807) is 30.9 Å². The summed E-state index contributed by atoms with van der Waals surface area (Å²) >= 11 is 0. The first-order valence-electron chi connectivity index (χ1n) is 8.96. The average molecular weight is 448 g/mol. The first-order valence-corrected chi connectivity index (χ1v) is 8.96. The number of amides is 1. The summed E-state index contributed by atoms with van der Waals surface area (Å²) in [6, 6.07) is 11.1. The number of rotatable bonds is 5. The van der Waals surface area contributed by atoms with Gasteiger partial charge in [0.25, 0.3) is 5.91 Å². The van der Waals surface area contributed by atoms with E-state index in [-0.39, 0.29) is 42.7 Å². The lowest BCUT2D eigenvalue weighted by molar-refractivity contribution is 0.102. The Morgan fingerprint density at radius 2 is 1.83 bits per heavy atom. The van der Waals surface area contributed by atoms with Gasteiger partial charge in [-0.25, -0.2) is 9.97 Å². The predicted molar refractivity (Wildman–Crippen MR) is 121 cm³/mol. The van der Waals surface area contributed by atoms with E-state index >= 15 is 0 Å². The Morgan fingerprint density at radius 1 is 1.10 bits per heavy atom. The van der Waals surface area contributed by atoms with Crippen molar-refractivity contribution in [1.29, 1.82) is 0 Å². The molecule has 0 unspecified atom stereocenters. The molecule has 30 heavy (non-hydrogen) atoms. The number of benzene rings is 1. The van der Waals surface area contributed by atoms with Crippen LogP contribution in [0.5, 0.6) is 0 Å². The fourth-order valence-corrected chi connectivity index (χ4v) is 2.96. The summed E-state index contributed by atoms with van der Waals surface area (Å²) in [4.78, 5) is 21.0. The van der Waals surface area contributed by atoms with Crippen molar-refractivity contribution >= 4 is 42.2 Å². The number of nitrogens with zero attached hydrogens (tertiary/aromatic N) is 4. The van der Waals surface area contributed by atoms with E-state index in [1.165, 1.54) is 0 Å². The van der Waals surface area contributed by atoms with Gasteiger partial charge in [0.1, 0.15) is 5.65 Å². The molecule has 0 spiro atoms. The summed E-state index contributed by atoms with van der Waals surface area (Å²) in [5.41, 5.74) is 2.85. The van der Waals surface area contributed by atoms with Crippen molar-refractivity contribution < 1.29 is 9.90 Å². The van der Waals surface area contributed by atoms with Crippen LogP contribution in [0.2, 0.25) is 0 Å². The quantitative estimate of drug-likeness (QED) is 0.485. The molecular formula is C21H23Cl2N5O2. The first-order chi connectivity index (χ1) is 13.5. The standard InChI is InChI=1S/C21H21N5O2.2ClH/c1-21(2,13-27)16-5-3-15(4-6-16)20(28)24-18-12-26-11-17(7-8-19(26)23-18)25-10-9-22-14-25;;/h3-12,14,27H,13H2,1-2H3,(H,24,28);2*1H. The Bertz CT molecular complexity index is 1120.